The summed E-state index contributed by atoms with van der Waals surface area (Å²) in [7, 11) is -3.39. The van der Waals surface area contributed by atoms with Crippen LogP contribution in [0.5, 0.6) is 0 Å². The molecule has 1 saturated heterocycles. The molecule has 5 heteroatoms. The van der Waals surface area contributed by atoms with Crippen molar-refractivity contribution in [1.29, 1.82) is 5.26 Å². The van der Waals surface area contributed by atoms with Crippen LogP contribution in [0.2, 0.25) is 0 Å². The lowest BCUT2D eigenvalue weighted by Gasteiger charge is -2.16. The lowest BCUT2D eigenvalue weighted by molar-refractivity contribution is 0.444. The molecule has 4 nitrogen and oxygen atoms in total. The van der Waals surface area contributed by atoms with Gasteiger partial charge in [0.05, 0.1) is 16.5 Å². The van der Waals surface area contributed by atoms with Crippen LogP contribution in [-0.2, 0) is 10.0 Å². The largest absolute Gasteiger partial charge is 0.243 e. The highest BCUT2D eigenvalue weighted by Crippen LogP contribution is 2.26. The quantitative estimate of drug-likeness (QED) is 0.849. The minimum absolute atomic E-state index is 0.281. The van der Waals surface area contributed by atoms with Gasteiger partial charge in [-0.25, -0.2) is 8.42 Å². The van der Waals surface area contributed by atoms with Gasteiger partial charge in [-0.05, 0) is 43.0 Å². The third-order valence-electron chi connectivity index (χ3n) is 3.57. The lowest BCUT2D eigenvalue weighted by atomic mass is 10.0. The number of rotatable bonds is 4. The Hall–Kier alpha value is -1.38. The van der Waals surface area contributed by atoms with Gasteiger partial charge in [0.2, 0.25) is 10.0 Å². The number of nitriles is 1. The fourth-order valence-electron chi connectivity index (χ4n) is 2.51. The first-order valence-electron chi connectivity index (χ1n) is 6.58. The average molecular weight is 278 g/mol. The summed E-state index contributed by atoms with van der Waals surface area (Å²) in [5.41, 5.74) is 0.476. The summed E-state index contributed by atoms with van der Waals surface area (Å²) in [5, 5.41) is 8.73. The molecule has 2 rings (SSSR count). The Morgan fingerprint density at radius 1 is 1.37 bits per heavy atom. The Morgan fingerprint density at radius 3 is 2.63 bits per heavy atom. The maximum atomic E-state index is 12.4. The summed E-state index contributed by atoms with van der Waals surface area (Å²) >= 11 is 0. The van der Waals surface area contributed by atoms with E-state index in [-0.39, 0.29) is 4.90 Å². The van der Waals surface area contributed by atoms with Crippen LogP contribution in [-0.4, -0.2) is 25.8 Å². The first-order valence-corrected chi connectivity index (χ1v) is 8.02. The Balaban J connectivity index is 2.16. The van der Waals surface area contributed by atoms with Crippen molar-refractivity contribution in [2.45, 2.75) is 31.1 Å². The molecule has 102 valence electrons. The highest BCUT2D eigenvalue weighted by molar-refractivity contribution is 7.89. The van der Waals surface area contributed by atoms with Gasteiger partial charge in [0.25, 0.3) is 0 Å². The molecular weight excluding hydrogens is 260 g/mol. The highest BCUT2D eigenvalue weighted by Gasteiger charge is 2.31. The molecule has 1 aromatic rings. The van der Waals surface area contributed by atoms with E-state index in [1.54, 1.807) is 16.4 Å². The molecule has 1 atom stereocenters. The molecule has 0 radical (unpaired) electrons. The zero-order valence-electron chi connectivity index (χ0n) is 11.0. The Kier molecular flexibility index (Phi) is 4.23. The van der Waals surface area contributed by atoms with Crippen molar-refractivity contribution in [2.24, 2.45) is 5.92 Å². The van der Waals surface area contributed by atoms with Crippen molar-refractivity contribution in [3.05, 3.63) is 29.8 Å². The Bertz CT molecular complexity index is 572. The summed E-state index contributed by atoms with van der Waals surface area (Å²) < 4.78 is 26.4. The predicted molar refractivity (Wildman–Crippen MR) is 72.9 cm³/mol. The number of sulfonamides is 1. The van der Waals surface area contributed by atoms with E-state index < -0.39 is 10.0 Å². The van der Waals surface area contributed by atoms with E-state index in [1.807, 2.05) is 6.07 Å². The van der Waals surface area contributed by atoms with Gasteiger partial charge in [0.15, 0.2) is 0 Å². The van der Waals surface area contributed by atoms with Crippen molar-refractivity contribution < 1.29 is 8.42 Å². The molecule has 1 aliphatic rings. The van der Waals surface area contributed by atoms with Crippen LogP contribution in [0.15, 0.2) is 29.2 Å². The van der Waals surface area contributed by atoms with Gasteiger partial charge in [-0.1, -0.05) is 13.3 Å². The average Bonchev–Trinajstić information content (AvgIpc) is 2.89. The topological polar surface area (TPSA) is 61.2 Å². The molecule has 0 spiro atoms. The normalized spacial score (nSPS) is 20.3. The maximum absolute atomic E-state index is 12.4. The van der Waals surface area contributed by atoms with Crippen molar-refractivity contribution in [3.8, 4) is 6.07 Å². The van der Waals surface area contributed by atoms with Crippen LogP contribution in [0.1, 0.15) is 31.7 Å². The van der Waals surface area contributed by atoms with E-state index >= 15 is 0 Å². The Morgan fingerprint density at radius 2 is 2.05 bits per heavy atom. The minimum atomic E-state index is -3.39. The van der Waals surface area contributed by atoms with Crippen LogP contribution in [0, 0.1) is 17.2 Å². The third kappa shape index (κ3) is 2.96. The van der Waals surface area contributed by atoms with Crippen LogP contribution in [0.25, 0.3) is 0 Å². The molecule has 0 saturated carbocycles. The lowest BCUT2D eigenvalue weighted by Crippen LogP contribution is -2.28. The van der Waals surface area contributed by atoms with E-state index in [1.165, 1.54) is 12.1 Å². The Labute approximate surface area is 114 Å². The van der Waals surface area contributed by atoms with Gasteiger partial charge in [-0.3, -0.25) is 0 Å². The molecule has 1 aromatic carbocycles. The number of nitrogens with zero attached hydrogens (tertiary/aromatic N) is 2. The summed E-state index contributed by atoms with van der Waals surface area (Å²) in [6, 6.07) is 8.12. The van der Waals surface area contributed by atoms with Crippen molar-refractivity contribution in [3.63, 3.8) is 0 Å². The molecule has 0 N–H and O–H groups in total. The number of hydrogen-bond acceptors (Lipinski definition) is 3. The zero-order chi connectivity index (χ0) is 13.9. The SMILES string of the molecule is CCCC1CCN(S(=O)(=O)c2ccc(C#N)cc2)C1. The van der Waals surface area contributed by atoms with Gasteiger partial charge < -0.3 is 0 Å². The van der Waals surface area contributed by atoms with E-state index in [0.717, 1.165) is 19.3 Å². The molecular formula is C14H18N2O2S. The summed E-state index contributed by atoms with van der Waals surface area (Å²) in [6.45, 7) is 3.35. The summed E-state index contributed by atoms with van der Waals surface area (Å²) in [6.07, 6.45) is 3.12. The highest BCUT2D eigenvalue weighted by atomic mass is 32.2. The molecule has 0 aliphatic carbocycles. The van der Waals surface area contributed by atoms with Gasteiger partial charge in [0, 0.05) is 13.1 Å². The number of benzene rings is 1. The second-order valence-electron chi connectivity index (χ2n) is 4.94. The number of hydrogen-bond donors (Lipinski definition) is 0. The first-order chi connectivity index (χ1) is 9.07. The standard InChI is InChI=1S/C14H18N2O2S/c1-2-3-13-8-9-16(11-13)19(17,18)14-6-4-12(10-15)5-7-14/h4-7,13H,2-3,8-9,11H2,1H3. The molecule has 1 heterocycles. The van der Waals surface area contributed by atoms with Crippen LogP contribution < -0.4 is 0 Å². The summed E-state index contributed by atoms with van der Waals surface area (Å²) in [5.74, 6) is 0.484. The monoisotopic (exact) mass is 278 g/mol. The van der Waals surface area contributed by atoms with Gasteiger partial charge in [-0.15, -0.1) is 0 Å². The zero-order valence-corrected chi connectivity index (χ0v) is 11.9. The van der Waals surface area contributed by atoms with Crippen LogP contribution >= 0.6 is 0 Å². The summed E-state index contributed by atoms with van der Waals surface area (Å²) in [4.78, 5) is 0.281. The molecule has 1 unspecified atom stereocenters. The first kappa shape index (κ1) is 14.0. The maximum Gasteiger partial charge on any atom is 0.243 e. The smallest absolute Gasteiger partial charge is 0.207 e. The molecule has 1 aliphatic heterocycles. The molecule has 1 fully saturated rings. The molecule has 0 bridgehead atoms. The van der Waals surface area contributed by atoms with Gasteiger partial charge >= 0.3 is 0 Å². The van der Waals surface area contributed by atoms with E-state index in [2.05, 4.69) is 6.92 Å². The minimum Gasteiger partial charge on any atom is -0.207 e. The second-order valence-corrected chi connectivity index (χ2v) is 6.88. The third-order valence-corrected chi connectivity index (χ3v) is 5.45. The second kappa shape index (κ2) is 5.72. The van der Waals surface area contributed by atoms with Crippen LogP contribution in [0.3, 0.4) is 0 Å². The van der Waals surface area contributed by atoms with Crippen LogP contribution in [0.4, 0.5) is 0 Å². The van der Waals surface area contributed by atoms with Gasteiger partial charge in [-0.2, -0.15) is 9.57 Å². The van der Waals surface area contributed by atoms with Crippen molar-refractivity contribution in [2.75, 3.05) is 13.1 Å². The fraction of sp³-hybridized carbons (Fsp3) is 0.500. The fourth-order valence-corrected chi connectivity index (χ4v) is 4.04. The van der Waals surface area contributed by atoms with Crippen molar-refractivity contribution in [1.82, 2.24) is 4.31 Å². The molecule has 0 amide bonds. The van der Waals surface area contributed by atoms with E-state index in [4.69, 9.17) is 5.26 Å². The van der Waals surface area contributed by atoms with E-state index in [9.17, 15) is 8.42 Å². The van der Waals surface area contributed by atoms with Crippen molar-refractivity contribution >= 4 is 10.0 Å². The van der Waals surface area contributed by atoms with Gasteiger partial charge in [0.1, 0.15) is 0 Å². The van der Waals surface area contributed by atoms with E-state index in [0.29, 0.717) is 24.6 Å². The molecule has 0 aromatic heterocycles. The molecule has 19 heavy (non-hydrogen) atoms. The predicted octanol–water partition coefficient (Wildman–Crippen LogP) is 2.37.